The van der Waals surface area contributed by atoms with Gasteiger partial charge >= 0.3 is 0 Å². The van der Waals surface area contributed by atoms with Crippen molar-refractivity contribution >= 4 is 5.78 Å². The Morgan fingerprint density at radius 3 is 2.57 bits per heavy atom. The molecule has 4 nitrogen and oxygen atoms in total. The average Bonchev–Trinajstić information content (AvgIpc) is 2.58. The summed E-state index contributed by atoms with van der Waals surface area (Å²) in [5, 5.41) is 0. The Hall–Kier alpha value is -1.42. The number of nitrogens with zero attached hydrogens (tertiary/aromatic N) is 1. The molecule has 126 valence electrons. The summed E-state index contributed by atoms with van der Waals surface area (Å²) in [6, 6.07) is 3.39. The van der Waals surface area contributed by atoms with E-state index in [1.54, 1.807) is 11.5 Å². The highest BCUT2D eigenvalue weighted by molar-refractivity contribution is 5.84. The number of Topliss-reactive ketones (excluding diaryl/α,β-unsaturated/α-hetero) is 1. The van der Waals surface area contributed by atoms with Crippen LogP contribution in [0.3, 0.4) is 0 Å². The van der Waals surface area contributed by atoms with Crippen molar-refractivity contribution in [3.8, 4) is 0 Å². The van der Waals surface area contributed by atoms with Gasteiger partial charge in [0.25, 0.3) is 5.56 Å². The first kappa shape index (κ1) is 16.4. The summed E-state index contributed by atoms with van der Waals surface area (Å²) >= 11 is 0. The molecule has 0 N–H and O–H groups in total. The monoisotopic (exact) mass is 317 g/mol. The van der Waals surface area contributed by atoms with Crippen LogP contribution in [0, 0.1) is 12.8 Å². The molecule has 1 fully saturated rings. The van der Waals surface area contributed by atoms with E-state index >= 15 is 0 Å². The molecule has 3 rings (SSSR count). The van der Waals surface area contributed by atoms with E-state index in [-0.39, 0.29) is 17.4 Å². The quantitative estimate of drug-likeness (QED) is 0.857. The van der Waals surface area contributed by atoms with E-state index in [9.17, 15) is 9.59 Å². The molecule has 0 aromatic carbocycles. The maximum Gasteiger partial charge on any atom is 0.254 e. The summed E-state index contributed by atoms with van der Waals surface area (Å²) in [5.74, 6) is 0.963. The van der Waals surface area contributed by atoms with E-state index in [2.05, 4.69) is 6.92 Å². The third-order valence-electron chi connectivity index (χ3n) is 5.56. The minimum atomic E-state index is -0.435. The van der Waals surface area contributed by atoms with Gasteiger partial charge in [0.1, 0.15) is 6.04 Å². The molecule has 0 saturated heterocycles. The van der Waals surface area contributed by atoms with E-state index in [0.717, 1.165) is 24.5 Å². The van der Waals surface area contributed by atoms with Crippen LogP contribution in [0.15, 0.2) is 16.9 Å². The Balaban J connectivity index is 1.70. The largest absolute Gasteiger partial charge is 0.376 e. The highest BCUT2D eigenvalue weighted by Gasteiger charge is 2.30. The van der Waals surface area contributed by atoms with Gasteiger partial charge in [0, 0.05) is 17.7 Å². The maximum absolute atomic E-state index is 12.5. The summed E-state index contributed by atoms with van der Waals surface area (Å²) < 4.78 is 7.74. The second-order valence-corrected chi connectivity index (χ2v) is 7.05. The van der Waals surface area contributed by atoms with Crippen LogP contribution < -0.4 is 5.56 Å². The zero-order valence-corrected chi connectivity index (χ0v) is 14.2. The van der Waals surface area contributed by atoms with E-state index in [4.69, 9.17) is 4.74 Å². The second-order valence-electron chi connectivity index (χ2n) is 7.05. The molecule has 1 unspecified atom stereocenters. The number of fused-ring (bicyclic) bond motifs is 1. The number of carbonyl (C=O) groups excluding carboxylic acids is 1. The molecule has 0 amide bonds. The van der Waals surface area contributed by atoms with E-state index in [0.29, 0.717) is 25.0 Å². The van der Waals surface area contributed by atoms with Gasteiger partial charge in [-0.2, -0.15) is 0 Å². The second kappa shape index (κ2) is 7.00. The van der Waals surface area contributed by atoms with Gasteiger partial charge in [-0.05, 0) is 51.0 Å². The predicted octanol–water partition coefficient (Wildman–Crippen LogP) is 3.20. The summed E-state index contributed by atoms with van der Waals surface area (Å²) in [5.41, 5.74) is 1.61. The maximum atomic E-state index is 12.5. The van der Waals surface area contributed by atoms with Crippen molar-refractivity contribution in [2.45, 2.75) is 70.9 Å². The minimum Gasteiger partial charge on any atom is -0.376 e. The summed E-state index contributed by atoms with van der Waals surface area (Å²) in [4.78, 5) is 24.8. The summed E-state index contributed by atoms with van der Waals surface area (Å²) in [7, 11) is 0. The number of rotatable bonds is 4. The normalized spacial score (nSPS) is 27.7. The third-order valence-corrected chi connectivity index (χ3v) is 5.56. The van der Waals surface area contributed by atoms with Crippen LogP contribution in [0.2, 0.25) is 0 Å². The van der Waals surface area contributed by atoms with Gasteiger partial charge in [0.15, 0.2) is 5.78 Å². The van der Waals surface area contributed by atoms with Crippen LogP contribution in [0.25, 0.3) is 0 Å². The van der Waals surface area contributed by atoms with Crippen molar-refractivity contribution in [2.75, 3.05) is 6.61 Å². The fourth-order valence-electron chi connectivity index (χ4n) is 3.90. The Morgan fingerprint density at radius 1 is 1.13 bits per heavy atom. The first-order valence-corrected chi connectivity index (χ1v) is 8.95. The summed E-state index contributed by atoms with van der Waals surface area (Å²) in [6.45, 7) is 4.40. The Morgan fingerprint density at radius 2 is 1.87 bits per heavy atom. The summed E-state index contributed by atoms with van der Waals surface area (Å²) in [6.07, 6.45) is 7.26. The lowest BCUT2D eigenvalue weighted by Gasteiger charge is -2.31. The molecule has 23 heavy (non-hydrogen) atoms. The molecule has 0 bridgehead atoms. The number of hydrogen-bond acceptors (Lipinski definition) is 3. The molecule has 2 heterocycles. The van der Waals surface area contributed by atoms with Crippen LogP contribution in [0.4, 0.5) is 0 Å². The Kier molecular flexibility index (Phi) is 5.00. The Labute approximate surface area is 137 Å². The molecule has 2 aliphatic rings. The molecule has 1 saturated carbocycles. The zero-order valence-electron chi connectivity index (χ0n) is 14.2. The van der Waals surface area contributed by atoms with Crippen LogP contribution >= 0.6 is 0 Å². The molecule has 1 aliphatic carbocycles. The molecular formula is C19H27NO3. The SMILES string of the molecule is CCC1CCC(OCC2C(=O)CCc3ccc(C)c(=O)n32)CC1. The Bertz CT molecular complexity index is 626. The minimum absolute atomic E-state index is 0.0427. The highest BCUT2D eigenvalue weighted by Crippen LogP contribution is 2.29. The van der Waals surface area contributed by atoms with E-state index in [1.165, 1.54) is 19.3 Å². The zero-order chi connectivity index (χ0) is 16.4. The fourth-order valence-corrected chi connectivity index (χ4v) is 3.90. The highest BCUT2D eigenvalue weighted by atomic mass is 16.5. The van der Waals surface area contributed by atoms with Gasteiger partial charge in [-0.15, -0.1) is 0 Å². The molecule has 1 atom stereocenters. The van der Waals surface area contributed by atoms with Crippen molar-refractivity contribution in [2.24, 2.45) is 5.92 Å². The van der Waals surface area contributed by atoms with Gasteiger partial charge in [-0.1, -0.05) is 19.4 Å². The van der Waals surface area contributed by atoms with E-state index in [1.807, 2.05) is 12.1 Å². The van der Waals surface area contributed by atoms with Crippen LogP contribution in [-0.2, 0) is 16.0 Å². The van der Waals surface area contributed by atoms with E-state index < -0.39 is 6.04 Å². The average molecular weight is 317 g/mol. The first-order valence-electron chi connectivity index (χ1n) is 8.95. The lowest BCUT2D eigenvalue weighted by Crippen LogP contribution is -2.40. The van der Waals surface area contributed by atoms with Crippen LogP contribution in [0.1, 0.15) is 62.7 Å². The molecule has 1 aromatic rings. The molecule has 4 heteroatoms. The van der Waals surface area contributed by atoms with Crippen molar-refractivity contribution in [1.82, 2.24) is 4.57 Å². The van der Waals surface area contributed by atoms with Crippen LogP contribution in [-0.4, -0.2) is 23.1 Å². The van der Waals surface area contributed by atoms with Crippen molar-refractivity contribution in [1.29, 1.82) is 0 Å². The standard InChI is InChI=1S/C19H27NO3/c1-3-14-5-9-16(10-6-14)23-12-17-18(21)11-8-15-7-4-13(2)19(22)20(15)17/h4,7,14,16-17H,3,5-6,8-12H2,1-2H3. The van der Waals surface area contributed by atoms with Crippen molar-refractivity contribution in [3.63, 3.8) is 0 Å². The smallest absolute Gasteiger partial charge is 0.254 e. The number of ketones is 1. The predicted molar refractivity (Wildman–Crippen MR) is 89.8 cm³/mol. The fraction of sp³-hybridized carbons (Fsp3) is 0.684. The van der Waals surface area contributed by atoms with Gasteiger partial charge in [0.2, 0.25) is 0 Å². The van der Waals surface area contributed by atoms with Crippen molar-refractivity contribution < 1.29 is 9.53 Å². The topological polar surface area (TPSA) is 48.3 Å². The number of ether oxygens (including phenoxy) is 1. The number of hydrogen-bond donors (Lipinski definition) is 0. The van der Waals surface area contributed by atoms with Gasteiger partial charge < -0.3 is 4.74 Å². The molecule has 0 spiro atoms. The van der Waals surface area contributed by atoms with Gasteiger partial charge in [-0.25, -0.2) is 0 Å². The lowest BCUT2D eigenvalue weighted by molar-refractivity contribution is -0.126. The molecule has 0 radical (unpaired) electrons. The number of pyridine rings is 1. The van der Waals surface area contributed by atoms with Gasteiger partial charge in [-0.3, -0.25) is 14.2 Å². The van der Waals surface area contributed by atoms with Gasteiger partial charge in [0.05, 0.1) is 12.7 Å². The number of aryl methyl sites for hydroxylation is 2. The molecule has 1 aromatic heterocycles. The van der Waals surface area contributed by atoms with Crippen molar-refractivity contribution in [3.05, 3.63) is 33.7 Å². The third kappa shape index (κ3) is 3.42. The molecule has 1 aliphatic heterocycles. The molecular weight excluding hydrogens is 290 g/mol. The number of aromatic nitrogens is 1. The first-order chi connectivity index (χ1) is 11.1. The number of carbonyl (C=O) groups is 1. The van der Waals surface area contributed by atoms with Crippen LogP contribution in [0.5, 0.6) is 0 Å². The lowest BCUT2D eigenvalue weighted by atomic mass is 9.86.